The first-order chi connectivity index (χ1) is 11.7. The minimum absolute atomic E-state index is 0.250. The molecule has 0 bridgehead atoms. The molecule has 6 nitrogen and oxygen atoms in total. The van der Waals surface area contributed by atoms with Gasteiger partial charge in [-0.15, -0.1) is 0 Å². The van der Waals surface area contributed by atoms with E-state index in [1.54, 1.807) is 0 Å². The van der Waals surface area contributed by atoms with E-state index in [2.05, 4.69) is 24.0 Å². The van der Waals surface area contributed by atoms with Crippen LogP contribution in [0.1, 0.15) is 29.3 Å². The normalized spacial score (nSPS) is 12.3. The van der Waals surface area contributed by atoms with Gasteiger partial charge in [0.25, 0.3) is 6.47 Å². The summed E-state index contributed by atoms with van der Waals surface area (Å²) in [5.74, 6) is 0.319. The minimum atomic E-state index is -0.250. The molecule has 0 saturated heterocycles. The van der Waals surface area contributed by atoms with E-state index in [-0.39, 0.29) is 6.47 Å². The summed E-state index contributed by atoms with van der Waals surface area (Å²) in [6.45, 7) is 3.00. The monoisotopic (exact) mass is 325 g/mol. The molecule has 124 valence electrons. The summed E-state index contributed by atoms with van der Waals surface area (Å²) >= 11 is 0. The Bertz CT molecular complexity index is 782. The number of nitrogens with two attached hydrogens (primary N) is 1. The van der Waals surface area contributed by atoms with Gasteiger partial charge in [-0.3, -0.25) is 4.79 Å². The van der Waals surface area contributed by atoms with E-state index in [0.29, 0.717) is 24.6 Å². The van der Waals surface area contributed by atoms with Crippen molar-refractivity contribution in [2.45, 2.75) is 26.4 Å². The number of aromatic nitrogens is 1. The van der Waals surface area contributed by atoms with Crippen molar-refractivity contribution in [3.05, 3.63) is 46.6 Å². The number of anilines is 1. The van der Waals surface area contributed by atoms with Gasteiger partial charge in [0.2, 0.25) is 0 Å². The van der Waals surface area contributed by atoms with Crippen LogP contribution in [0.5, 0.6) is 0 Å². The minimum Gasteiger partial charge on any atom is -0.483 e. The third-order valence-electron chi connectivity index (χ3n) is 3.92. The number of carbonyl (C=O) groups is 1. The van der Waals surface area contributed by atoms with E-state index < -0.39 is 0 Å². The van der Waals surface area contributed by atoms with Gasteiger partial charge in [-0.25, -0.2) is 4.98 Å². The largest absolute Gasteiger partial charge is 0.483 e. The van der Waals surface area contributed by atoms with E-state index in [1.807, 2.05) is 18.2 Å². The summed E-state index contributed by atoms with van der Waals surface area (Å²) < 4.78 is 5.58. The molecule has 6 heteroatoms. The molecule has 0 atom stereocenters. The number of carboxylic acid groups (broad SMARTS) is 1. The van der Waals surface area contributed by atoms with Gasteiger partial charge in [-0.05, 0) is 17.5 Å². The highest BCUT2D eigenvalue weighted by Gasteiger charge is 2.23. The molecular weight excluding hydrogens is 306 g/mol. The number of fused-ring (bicyclic) bond motifs is 1. The summed E-state index contributed by atoms with van der Waals surface area (Å²) in [4.78, 5) is 12.8. The van der Waals surface area contributed by atoms with Crippen molar-refractivity contribution in [2.24, 2.45) is 0 Å². The number of nitrogen functional groups attached to an aromatic ring is 1. The molecule has 3 rings (SSSR count). The number of aryl methyl sites for hydroxylation is 1. The Hall–Kier alpha value is -2.91. The van der Waals surface area contributed by atoms with Gasteiger partial charge in [0, 0.05) is 17.5 Å². The number of rotatable bonds is 2. The molecule has 0 aliphatic carbocycles. The van der Waals surface area contributed by atoms with Gasteiger partial charge in [0.15, 0.2) is 0 Å². The Morgan fingerprint density at radius 1 is 1.46 bits per heavy atom. The lowest BCUT2D eigenvalue weighted by Gasteiger charge is -2.22. The molecule has 1 aliphatic heterocycles. The number of ether oxygens (including phenoxy) is 1. The third-order valence-corrected chi connectivity index (χ3v) is 3.92. The topological polar surface area (TPSA) is 109 Å². The second-order valence-electron chi connectivity index (χ2n) is 5.20. The summed E-state index contributed by atoms with van der Waals surface area (Å²) in [5.41, 5.74) is 11.6. The van der Waals surface area contributed by atoms with Crippen LogP contribution in [0.15, 0.2) is 24.3 Å². The van der Waals surface area contributed by atoms with Crippen LogP contribution in [-0.4, -0.2) is 23.2 Å². The average molecular weight is 325 g/mol. The van der Waals surface area contributed by atoms with Crippen molar-refractivity contribution in [1.82, 2.24) is 4.98 Å². The van der Waals surface area contributed by atoms with E-state index in [4.69, 9.17) is 20.4 Å². The summed E-state index contributed by atoms with van der Waals surface area (Å²) in [6.07, 6.45) is 1.64. The molecule has 0 fully saturated rings. The van der Waals surface area contributed by atoms with Crippen LogP contribution >= 0.6 is 0 Å². The summed E-state index contributed by atoms with van der Waals surface area (Å²) in [6, 6.07) is 10.4. The molecule has 0 radical (unpaired) electrons. The maximum absolute atomic E-state index is 9.51. The molecule has 1 aromatic heterocycles. The predicted octanol–water partition coefficient (Wildman–Crippen LogP) is 2.54. The van der Waals surface area contributed by atoms with Crippen LogP contribution in [-0.2, 0) is 29.0 Å². The zero-order valence-corrected chi connectivity index (χ0v) is 13.5. The molecule has 24 heavy (non-hydrogen) atoms. The number of nitrogens with zero attached hydrogens (tertiary/aromatic N) is 2. The van der Waals surface area contributed by atoms with Gasteiger partial charge >= 0.3 is 0 Å². The molecule has 0 amide bonds. The number of hydrogen-bond donors (Lipinski definition) is 2. The lowest BCUT2D eigenvalue weighted by atomic mass is 9.89. The second kappa shape index (κ2) is 8.09. The van der Waals surface area contributed by atoms with Gasteiger partial charge in [-0.1, -0.05) is 31.2 Å². The first-order valence-electron chi connectivity index (χ1n) is 7.63. The zero-order chi connectivity index (χ0) is 17.5. The molecule has 1 aromatic carbocycles. The Labute approximate surface area is 140 Å². The first-order valence-corrected chi connectivity index (χ1v) is 7.63. The number of hydrogen-bond acceptors (Lipinski definition) is 5. The van der Waals surface area contributed by atoms with Crippen molar-refractivity contribution in [3.63, 3.8) is 0 Å². The quantitative estimate of drug-likeness (QED) is 0.821. The van der Waals surface area contributed by atoms with E-state index in [1.165, 1.54) is 5.56 Å². The van der Waals surface area contributed by atoms with Crippen molar-refractivity contribution in [3.8, 4) is 17.2 Å². The highest BCUT2D eigenvalue weighted by Crippen LogP contribution is 2.36. The fourth-order valence-corrected chi connectivity index (χ4v) is 2.88. The summed E-state index contributed by atoms with van der Waals surface area (Å²) in [5, 5.41) is 16.4. The molecule has 1 aliphatic rings. The van der Waals surface area contributed by atoms with E-state index in [0.717, 1.165) is 35.2 Å². The van der Waals surface area contributed by atoms with Gasteiger partial charge in [-0.2, -0.15) is 5.26 Å². The van der Waals surface area contributed by atoms with Gasteiger partial charge < -0.3 is 15.6 Å². The fourth-order valence-electron chi connectivity index (χ4n) is 2.88. The van der Waals surface area contributed by atoms with Crippen molar-refractivity contribution >= 4 is 12.3 Å². The highest BCUT2D eigenvalue weighted by atomic mass is 16.5. The van der Waals surface area contributed by atoms with Crippen LogP contribution in [0, 0.1) is 11.3 Å². The Morgan fingerprint density at radius 2 is 2.17 bits per heavy atom. The smallest absolute Gasteiger partial charge is 0.290 e. The maximum atomic E-state index is 9.51. The molecule has 2 aromatic rings. The molecule has 2 heterocycles. The van der Waals surface area contributed by atoms with Crippen molar-refractivity contribution < 1.29 is 14.6 Å². The van der Waals surface area contributed by atoms with Crippen LogP contribution in [0.25, 0.3) is 11.1 Å². The highest BCUT2D eigenvalue weighted by molar-refractivity contribution is 5.81. The zero-order valence-electron chi connectivity index (χ0n) is 13.5. The van der Waals surface area contributed by atoms with E-state index in [9.17, 15) is 5.26 Å². The number of benzene rings is 1. The average Bonchev–Trinajstić information content (AvgIpc) is 2.61. The standard InChI is InChI=1S/C17H17N3O.CH2O2/c1-2-11-5-3-4-6-12(11)16-13(9-18)17(19)20-15-7-8-21-10-14(15)16;2-1-3/h3-6H,2,7-8,10H2,1H3,(H2,19,20);1H,(H,2,3). The lowest BCUT2D eigenvalue weighted by molar-refractivity contribution is -0.122. The molecule has 0 saturated carbocycles. The van der Waals surface area contributed by atoms with Crippen LogP contribution in [0.4, 0.5) is 5.82 Å². The number of pyridine rings is 1. The fraction of sp³-hybridized carbons (Fsp3) is 0.278. The van der Waals surface area contributed by atoms with Crippen LogP contribution < -0.4 is 5.73 Å². The first kappa shape index (κ1) is 17.4. The maximum Gasteiger partial charge on any atom is 0.290 e. The number of nitriles is 1. The second-order valence-corrected chi connectivity index (χ2v) is 5.20. The van der Waals surface area contributed by atoms with Gasteiger partial charge in [0.05, 0.1) is 18.9 Å². The molecular formula is C18H19N3O3. The Kier molecular flexibility index (Phi) is 5.88. The van der Waals surface area contributed by atoms with Crippen LogP contribution in [0.2, 0.25) is 0 Å². The van der Waals surface area contributed by atoms with Crippen molar-refractivity contribution in [2.75, 3.05) is 12.3 Å². The third kappa shape index (κ3) is 3.36. The van der Waals surface area contributed by atoms with Crippen LogP contribution in [0.3, 0.4) is 0 Å². The van der Waals surface area contributed by atoms with E-state index >= 15 is 0 Å². The molecule has 0 spiro atoms. The SMILES string of the molecule is CCc1ccccc1-c1c(C#N)c(N)nc2c1COCC2.O=CO. The summed E-state index contributed by atoms with van der Waals surface area (Å²) in [7, 11) is 0. The van der Waals surface area contributed by atoms with Gasteiger partial charge in [0.1, 0.15) is 17.5 Å². The predicted molar refractivity (Wildman–Crippen MR) is 90.2 cm³/mol. The van der Waals surface area contributed by atoms with Crippen molar-refractivity contribution in [1.29, 1.82) is 5.26 Å². The Balaban J connectivity index is 0.000000647. The molecule has 3 N–H and O–H groups in total. The Morgan fingerprint density at radius 3 is 2.83 bits per heavy atom. The molecule has 0 unspecified atom stereocenters. The lowest BCUT2D eigenvalue weighted by Crippen LogP contribution is -2.16.